The molecule has 34 heavy (non-hydrogen) atoms. The van der Waals surface area contributed by atoms with Crippen molar-refractivity contribution in [3.8, 4) is 0 Å². The average molecular weight is 498 g/mol. The normalized spacial score (nSPS) is 18.1. The van der Waals surface area contributed by atoms with E-state index in [-0.39, 0.29) is 16.7 Å². The Kier molecular flexibility index (Phi) is 8.37. The van der Waals surface area contributed by atoms with Crippen molar-refractivity contribution in [2.45, 2.75) is 50.5 Å². The Balaban J connectivity index is 1.49. The minimum absolute atomic E-state index is 0.0468. The summed E-state index contributed by atoms with van der Waals surface area (Å²) in [7, 11) is -3.71. The van der Waals surface area contributed by atoms with E-state index in [9.17, 15) is 23.3 Å². The molecule has 0 unspecified atom stereocenters. The van der Waals surface area contributed by atoms with Crippen molar-refractivity contribution in [2.75, 3.05) is 57.7 Å². The van der Waals surface area contributed by atoms with E-state index in [1.807, 2.05) is 20.8 Å². The zero-order valence-corrected chi connectivity index (χ0v) is 21.0. The predicted molar refractivity (Wildman–Crippen MR) is 128 cm³/mol. The molecular formula is C22H35N5O6S. The van der Waals surface area contributed by atoms with Crippen molar-refractivity contribution >= 4 is 27.5 Å². The van der Waals surface area contributed by atoms with Crippen LogP contribution in [0.3, 0.4) is 0 Å². The number of carbonyl (C=O) groups excluding carboxylic acids is 1. The Hall–Kier alpha value is -2.44. The summed E-state index contributed by atoms with van der Waals surface area (Å²) in [4.78, 5) is 27.1. The van der Waals surface area contributed by atoms with Gasteiger partial charge in [0.2, 0.25) is 10.0 Å². The van der Waals surface area contributed by atoms with E-state index in [0.717, 1.165) is 45.0 Å². The molecule has 2 saturated heterocycles. The van der Waals surface area contributed by atoms with Crippen LogP contribution < -0.4 is 5.32 Å². The Morgan fingerprint density at radius 2 is 1.76 bits per heavy atom. The molecule has 190 valence electrons. The topological polar surface area (TPSA) is 125 Å². The highest BCUT2D eigenvalue weighted by molar-refractivity contribution is 7.89. The van der Waals surface area contributed by atoms with Gasteiger partial charge in [0.15, 0.2) is 0 Å². The number of sulfonamides is 1. The zero-order valence-electron chi connectivity index (χ0n) is 20.2. The van der Waals surface area contributed by atoms with Gasteiger partial charge in [0.05, 0.1) is 9.82 Å². The van der Waals surface area contributed by atoms with Gasteiger partial charge in [0, 0.05) is 51.9 Å². The molecule has 2 fully saturated rings. The van der Waals surface area contributed by atoms with Crippen molar-refractivity contribution in [3.05, 3.63) is 28.3 Å². The fourth-order valence-electron chi connectivity index (χ4n) is 4.06. The largest absolute Gasteiger partial charge is 0.444 e. The van der Waals surface area contributed by atoms with Gasteiger partial charge in [-0.25, -0.2) is 13.2 Å². The summed E-state index contributed by atoms with van der Waals surface area (Å²) < 4.78 is 32.3. The quantitative estimate of drug-likeness (QED) is 0.330. The second-order valence-electron chi connectivity index (χ2n) is 9.64. The monoisotopic (exact) mass is 497 g/mol. The van der Waals surface area contributed by atoms with Crippen LogP contribution in [-0.2, 0) is 14.8 Å². The van der Waals surface area contributed by atoms with Crippen molar-refractivity contribution in [1.82, 2.24) is 14.1 Å². The maximum absolute atomic E-state index is 12.7. The van der Waals surface area contributed by atoms with Crippen LogP contribution in [0.1, 0.15) is 40.0 Å². The first-order valence-electron chi connectivity index (χ1n) is 11.7. The lowest BCUT2D eigenvalue weighted by Gasteiger charge is -2.35. The highest BCUT2D eigenvalue weighted by Crippen LogP contribution is 2.30. The van der Waals surface area contributed by atoms with E-state index in [1.165, 1.54) is 16.4 Å². The first kappa shape index (κ1) is 26.2. The van der Waals surface area contributed by atoms with E-state index < -0.39 is 20.5 Å². The lowest BCUT2D eigenvalue weighted by molar-refractivity contribution is -0.384. The molecule has 3 rings (SSSR count). The van der Waals surface area contributed by atoms with Gasteiger partial charge in [-0.05, 0) is 58.7 Å². The fourth-order valence-corrected chi connectivity index (χ4v) is 5.59. The predicted octanol–water partition coefficient (Wildman–Crippen LogP) is 2.73. The van der Waals surface area contributed by atoms with Crippen LogP contribution in [0.4, 0.5) is 16.2 Å². The lowest BCUT2D eigenvalue weighted by Crippen LogP contribution is -2.50. The first-order chi connectivity index (χ1) is 16.0. The van der Waals surface area contributed by atoms with Gasteiger partial charge < -0.3 is 15.0 Å². The molecule has 1 N–H and O–H groups in total. The SMILES string of the molecule is CC(C)(C)OC(=O)N1CCN(CCCNc2ccc(S(=O)(=O)N3CCCC3)cc2[N+](=O)[O-])CC1. The highest BCUT2D eigenvalue weighted by Gasteiger charge is 2.29. The molecule has 0 aliphatic carbocycles. The lowest BCUT2D eigenvalue weighted by atomic mass is 10.2. The van der Waals surface area contributed by atoms with Crippen LogP contribution in [0.2, 0.25) is 0 Å². The number of hydrogen-bond donors (Lipinski definition) is 1. The average Bonchev–Trinajstić information content (AvgIpc) is 3.32. The minimum atomic E-state index is -3.71. The zero-order chi connectivity index (χ0) is 24.9. The molecule has 11 nitrogen and oxygen atoms in total. The molecule has 0 spiro atoms. The molecule has 0 radical (unpaired) electrons. The number of nitro benzene ring substituents is 1. The smallest absolute Gasteiger partial charge is 0.410 e. The van der Waals surface area contributed by atoms with Crippen molar-refractivity contribution in [2.24, 2.45) is 0 Å². The fraction of sp³-hybridized carbons (Fsp3) is 0.682. The Morgan fingerprint density at radius 3 is 2.35 bits per heavy atom. The molecule has 0 bridgehead atoms. The summed E-state index contributed by atoms with van der Waals surface area (Å²) in [5, 5.41) is 14.7. The van der Waals surface area contributed by atoms with Crippen LogP contribution in [0, 0.1) is 10.1 Å². The Morgan fingerprint density at radius 1 is 1.12 bits per heavy atom. The number of nitrogens with zero attached hydrogens (tertiary/aromatic N) is 4. The van der Waals surface area contributed by atoms with Gasteiger partial charge in [-0.15, -0.1) is 0 Å². The molecule has 2 aliphatic rings. The summed E-state index contributed by atoms with van der Waals surface area (Å²) in [6.45, 7) is 10.4. The van der Waals surface area contributed by atoms with E-state index >= 15 is 0 Å². The van der Waals surface area contributed by atoms with Gasteiger partial charge in [-0.3, -0.25) is 15.0 Å². The van der Waals surface area contributed by atoms with E-state index in [2.05, 4.69) is 10.2 Å². The van der Waals surface area contributed by atoms with Crippen LogP contribution in [0.15, 0.2) is 23.1 Å². The maximum atomic E-state index is 12.7. The van der Waals surface area contributed by atoms with E-state index in [4.69, 9.17) is 4.74 Å². The minimum Gasteiger partial charge on any atom is -0.444 e. The van der Waals surface area contributed by atoms with Crippen LogP contribution >= 0.6 is 0 Å². The maximum Gasteiger partial charge on any atom is 0.410 e. The molecule has 2 aliphatic heterocycles. The number of ether oxygens (including phenoxy) is 1. The number of amides is 1. The van der Waals surface area contributed by atoms with Gasteiger partial charge in [0.25, 0.3) is 5.69 Å². The Bertz CT molecular complexity index is 980. The molecule has 1 aromatic rings. The van der Waals surface area contributed by atoms with Gasteiger partial charge >= 0.3 is 6.09 Å². The molecule has 1 aromatic carbocycles. The molecule has 0 aromatic heterocycles. The second kappa shape index (κ2) is 10.9. The third-order valence-electron chi connectivity index (χ3n) is 5.86. The van der Waals surface area contributed by atoms with Crippen molar-refractivity contribution in [1.29, 1.82) is 0 Å². The van der Waals surface area contributed by atoms with Gasteiger partial charge in [-0.1, -0.05) is 0 Å². The second-order valence-corrected chi connectivity index (χ2v) is 11.6. The number of rotatable bonds is 8. The molecule has 0 saturated carbocycles. The summed E-state index contributed by atoms with van der Waals surface area (Å²) >= 11 is 0. The molecule has 2 heterocycles. The molecular weight excluding hydrogens is 462 g/mol. The summed E-state index contributed by atoms with van der Waals surface area (Å²) in [5.41, 5.74) is -0.453. The Labute approximate surface area is 201 Å². The molecule has 1 amide bonds. The van der Waals surface area contributed by atoms with Crippen molar-refractivity contribution < 1.29 is 22.9 Å². The summed E-state index contributed by atoms with van der Waals surface area (Å²) in [6.07, 6.45) is 2.06. The van der Waals surface area contributed by atoms with Crippen molar-refractivity contribution in [3.63, 3.8) is 0 Å². The van der Waals surface area contributed by atoms with Crippen LogP contribution in [-0.4, -0.2) is 91.5 Å². The third kappa shape index (κ3) is 6.80. The van der Waals surface area contributed by atoms with Gasteiger partial charge in [0.1, 0.15) is 11.3 Å². The molecule has 12 heteroatoms. The number of hydrogen-bond acceptors (Lipinski definition) is 8. The molecule has 0 atom stereocenters. The number of nitrogens with one attached hydrogen (secondary N) is 1. The van der Waals surface area contributed by atoms with Gasteiger partial charge in [-0.2, -0.15) is 4.31 Å². The van der Waals surface area contributed by atoms with Crippen LogP contribution in [0.25, 0.3) is 0 Å². The number of carbonyl (C=O) groups is 1. The summed E-state index contributed by atoms with van der Waals surface area (Å²) in [6, 6.07) is 4.05. The number of nitro groups is 1. The third-order valence-corrected chi connectivity index (χ3v) is 7.75. The summed E-state index contributed by atoms with van der Waals surface area (Å²) in [5.74, 6) is 0. The first-order valence-corrected chi connectivity index (χ1v) is 13.1. The number of anilines is 1. The van der Waals surface area contributed by atoms with E-state index in [1.54, 1.807) is 4.90 Å². The standard InChI is InChI=1S/C22H35N5O6S/c1-22(2,3)33-21(28)25-15-13-24(14-16-25)10-6-9-23-19-8-7-18(17-20(19)27(29)30)34(31,32)26-11-4-5-12-26/h7-8,17,23H,4-6,9-16H2,1-3H3. The number of piperazine rings is 1. The number of benzene rings is 1. The van der Waals surface area contributed by atoms with Crippen LogP contribution in [0.5, 0.6) is 0 Å². The van der Waals surface area contributed by atoms with E-state index in [0.29, 0.717) is 38.4 Å². The highest BCUT2D eigenvalue weighted by atomic mass is 32.2.